The SMILES string of the molecule is Cc1nc(CC(=O)N2CCCc3c(C(N)=O)cccc32)cs1. The number of primary amides is 1. The van der Waals surface area contributed by atoms with Crippen LogP contribution in [0.5, 0.6) is 0 Å². The van der Waals surface area contributed by atoms with Gasteiger partial charge in [-0.05, 0) is 37.5 Å². The number of carbonyl (C=O) groups excluding carboxylic acids is 2. The molecule has 1 aromatic heterocycles. The number of aromatic nitrogens is 1. The fourth-order valence-electron chi connectivity index (χ4n) is 2.85. The van der Waals surface area contributed by atoms with E-state index in [2.05, 4.69) is 4.98 Å². The molecule has 2 N–H and O–H groups in total. The van der Waals surface area contributed by atoms with E-state index in [0.717, 1.165) is 34.8 Å². The summed E-state index contributed by atoms with van der Waals surface area (Å²) in [5.41, 5.74) is 8.43. The molecular weight excluding hydrogens is 298 g/mol. The van der Waals surface area contributed by atoms with Gasteiger partial charge in [0.05, 0.1) is 17.1 Å². The van der Waals surface area contributed by atoms with Crippen LogP contribution in [0, 0.1) is 6.92 Å². The van der Waals surface area contributed by atoms with Crippen LogP contribution in [0.3, 0.4) is 0 Å². The number of aryl methyl sites for hydroxylation is 1. The zero-order chi connectivity index (χ0) is 15.7. The third-order valence-electron chi connectivity index (χ3n) is 3.82. The zero-order valence-electron chi connectivity index (χ0n) is 12.3. The number of hydrogen-bond acceptors (Lipinski definition) is 4. The molecular formula is C16H17N3O2S. The molecule has 2 aromatic rings. The molecule has 0 saturated carbocycles. The highest BCUT2D eigenvalue weighted by atomic mass is 32.1. The fraction of sp³-hybridized carbons (Fsp3) is 0.312. The smallest absolute Gasteiger partial charge is 0.249 e. The van der Waals surface area contributed by atoms with Gasteiger partial charge in [0.15, 0.2) is 0 Å². The molecule has 0 spiro atoms. The number of rotatable bonds is 3. The largest absolute Gasteiger partial charge is 0.366 e. The Morgan fingerprint density at radius 2 is 2.23 bits per heavy atom. The molecule has 1 aromatic carbocycles. The van der Waals surface area contributed by atoms with E-state index in [0.29, 0.717) is 12.1 Å². The fourth-order valence-corrected chi connectivity index (χ4v) is 3.47. The number of thiazole rings is 1. The van der Waals surface area contributed by atoms with Gasteiger partial charge in [-0.3, -0.25) is 9.59 Å². The summed E-state index contributed by atoms with van der Waals surface area (Å²) in [4.78, 5) is 30.2. The Morgan fingerprint density at radius 1 is 1.41 bits per heavy atom. The molecule has 2 amide bonds. The maximum atomic E-state index is 12.6. The molecule has 0 bridgehead atoms. The minimum atomic E-state index is -0.443. The number of anilines is 1. The molecule has 22 heavy (non-hydrogen) atoms. The minimum Gasteiger partial charge on any atom is -0.366 e. The molecule has 5 nitrogen and oxygen atoms in total. The number of nitrogens with two attached hydrogens (primary N) is 1. The second-order valence-electron chi connectivity index (χ2n) is 5.35. The van der Waals surface area contributed by atoms with Crippen LogP contribution >= 0.6 is 11.3 Å². The Kier molecular flexibility index (Phi) is 3.94. The predicted molar refractivity (Wildman–Crippen MR) is 86.2 cm³/mol. The molecule has 1 aliphatic heterocycles. The van der Waals surface area contributed by atoms with E-state index < -0.39 is 5.91 Å². The molecule has 0 saturated heterocycles. The van der Waals surface area contributed by atoms with E-state index in [1.807, 2.05) is 18.4 Å². The van der Waals surface area contributed by atoms with Crippen LogP contribution in [0.15, 0.2) is 23.6 Å². The predicted octanol–water partition coefficient (Wildman–Crippen LogP) is 2.07. The second-order valence-corrected chi connectivity index (χ2v) is 6.41. The lowest BCUT2D eigenvalue weighted by molar-refractivity contribution is -0.118. The van der Waals surface area contributed by atoms with Crippen LogP contribution in [-0.2, 0) is 17.6 Å². The lowest BCUT2D eigenvalue weighted by Crippen LogP contribution is -2.37. The van der Waals surface area contributed by atoms with Crippen LogP contribution in [-0.4, -0.2) is 23.3 Å². The molecule has 3 rings (SSSR count). The van der Waals surface area contributed by atoms with Crippen molar-refractivity contribution in [3.63, 3.8) is 0 Å². The number of nitrogens with zero attached hydrogens (tertiary/aromatic N) is 2. The van der Waals surface area contributed by atoms with Gasteiger partial charge in [-0.25, -0.2) is 4.98 Å². The molecule has 0 aliphatic carbocycles. The number of amides is 2. The van der Waals surface area contributed by atoms with E-state index in [4.69, 9.17) is 5.73 Å². The summed E-state index contributed by atoms with van der Waals surface area (Å²) in [5, 5.41) is 2.87. The molecule has 6 heteroatoms. The highest BCUT2D eigenvalue weighted by Crippen LogP contribution is 2.30. The zero-order valence-corrected chi connectivity index (χ0v) is 13.2. The molecule has 0 unspecified atom stereocenters. The normalized spacial score (nSPS) is 13.8. The number of hydrogen-bond donors (Lipinski definition) is 1. The topological polar surface area (TPSA) is 76.3 Å². The lowest BCUT2D eigenvalue weighted by Gasteiger charge is -2.30. The number of carbonyl (C=O) groups is 2. The highest BCUT2D eigenvalue weighted by molar-refractivity contribution is 7.09. The number of benzene rings is 1. The summed E-state index contributed by atoms with van der Waals surface area (Å²) in [7, 11) is 0. The molecule has 0 fully saturated rings. The van der Waals surface area contributed by atoms with Crippen molar-refractivity contribution in [3.05, 3.63) is 45.4 Å². The van der Waals surface area contributed by atoms with Gasteiger partial charge in [-0.2, -0.15) is 0 Å². The van der Waals surface area contributed by atoms with Crippen LogP contribution < -0.4 is 10.6 Å². The maximum Gasteiger partial charge on any atom is 0.249 e. The van der Waals surface area contributed by atoms with Crippen molar-refractivity contribution >= 4 is 28.8 Å². The van der Waals surface area contributed by atoms with Gasteiger partial charge in [0.1, 0.15) is 0 Å². The Bertz CT molecular complexity index is 739. The van der Waals surface area contributed by atoms with Crippen molar-refractivity contribution in [2.45, 2.75) is 26.2 Å². The van der Waals surface area contributed by atoms with E-state index in [1.165, 1.54) is 0 Å². The van der Waals surface area contributed by atoms with Gasteiger partial charge >= 0.3 is 0 Å². The van der Waals surface area contributed by atoms with Crippen LogP contribution in [0.1, 0.15) is 33.0 Å². The summed E-state index contributed by atoms with van der Waals surface area (Å²) >= 11 is 1.54. The van der Waals surface area contributed by atoms with Gasteiger partial charge in [0.25, 0.3) is 0 Å². The van der Waals surface area contributed by atoms with Crippen molar-refractivity contribution in [1.82, 2.24) is 4.98 Å². The Morgan fingerprint density at radius 3 is 2.91 bits per heavy atom. The molecule has 114 valence electrons. The first-order chi connectivity index (χ1) is 10.6. The highest BCUT2D eigenvalue weighted by Gasteiger charge is 2.25. The third kappa shape index (κ3) is 2.74. The summed E-state index contributed by atoms with van der Waals surface area (Å²) in [6, 6.07) is 5.38. The average Bonchev–Trinajstić information content (AvgIpc) is 2.90. The monoisotopic (exact) mass is 315 g/mol. The molecule has 1 aliphatic rings. The van der Waals surface area contributed by atoms with Crippen molar-refractivity contribution < 1.29 is 9.59 Å². The van der Waals surface area contributed by atoms with Crippen LogP contribution in [0.25, 0.3) is 0 Å². The van der Waals surface area contributed by atoms with Crippen molar-refractivity contribution in [1.29, 1.82) is 0 Å². The standard InChI is InChI=1S/C16H17N3O2S/c1-10-18-11(9-22-10)8-15(20)19-7-3-5-12-13(16(17)21)4-2-6-14(12)19/h2,4,6,9H,3,5,7-8H2,1H3,(H2,17,21). The van der Waals surface area contributed by atoms with Crippen molar-refractivity contribution in [3.8, 4) is 0 Å². The van der Waals surface area contributed by atoms with E-state index >= 15 is 0 Å². The first-order valence-corrected chi connectivity index (χ1v) is 8.07. The van der Waals surface area contributed by atoms with E-state index in [-0.39, 0.29) is 12.3 Å². The second kappa shape index (κ2) is 5.88. The van der Waals surface area contributed by atoms with E-state index in [1.54, 1.807) is 28.4 Å². The van der Waals surface area contributed by atoms with Crippen molar-refractivity contribution in [2.24, 2.45) is 5.73 Å². The number of fused-ring (bicyclic) bond motifs is 1. The summed E-state index contributed by atoms with van der Waals surface area (Å²) in [6.45, 7) is 2.59. The minimum absolute atomic E-state index is 0.00729. The summed E-state index contributed by atoms with van der Waals surface area (Å²) < 4.78 is 0. The van der Waals surface area contributed by atoms with Crippen LogP contribution in [0.4, 0.5) is 5.69 Å². The van der Waals surface area contributed by atoms with E-state index in [9.17, 15) is 9.59 Å². The van der Waals surface area contributed by atoms with Crippen molar-refractivity contribution in [2.75, 3.05) is 11.4 Å². The summed E-state index contributed by atoms with van der Waals surface area (Å²) in [6.07, 6.45) is 1.89. The molecule has 0 radical (unpaired) electrons. The first kappa shape index (κ1) is 14.7. The van der Waals surface area contributed by atoms with Gasteiger partial charge in [0.2, 0.25) is 11.8 Å². The first-order valence-electron chi connectivity index (χ1n) is 7.19. The van der Waals surface area contributed by atoms with Gasteiger partial charge in [-0.15, -0.1) is 11.3 Å². The third-order valence-corrected chi connectivity index (χ3v) is 4.64. The Balaban J connectivity index is 1.89. The van der Waals surface area contributed by atoms with Crippen LogP contribution in [0.2, 0.25) is 0 Å². The van der Waals surface area contributed by atoms with Gasteiger partial charge < -0.3 is 10.6 Å². The van der Waals surface area contributed by atoms with Gasteiger partial charge in [-0.1, -0.05) is 6.07 Å². The molecule has 2 heterocycles. The van der Waals surface area contributed by atoms with Gasteiger partial charge in [0, 0.05) is 23.2 Å². The maximum absolute atomic E-state index is 12.6. The average molecular weight is 315 g/mol. The Hall–Kier alpha value is -2.21. The Labute approximate surface area is 132 Å². The lowest BCUT2D eigenvalue weighted by atomic mass is 9.95. The quantitative estimate of drug-likeness (QED) is 0.942. The molecule has 0 atom stereocenters. The summed E-state index contributed by atoms with van der Waals surface area (Å²) in [5.74, 6) is -0.436.